The summed E-state index contributed by atoms with van der Waals surface area (Å²) in [5, 5.41) is 4.66. The second-order valence-electron chi connectivity index (χ2n) is 9.92. The molecule has 7 heteroatoms. The Bertz CT molecular complexity index is 1080. The van der Waals surface area contributed by atoms with Crippen LogP contribution in [0.3, 0.4) is 0 Å². The van der Waals surface area contributed by atoms with Crippen LogP contribution in [0.15, 0.2) is 42.5 Å². The number of ether oxygens (including phenoxy) is 2. The molecule has 1 heterocycles. The number of hydrogen-bond donors (Lipinski definition) is 2. The summed E-state index contributed by atoms with van der Waals surface area (Å²) in [5.41, 5.74) is 7.70. The number of nitrogens with one attached hydrogen (secondary N) is 1. The predicted octanol–water partition coefficient (Wildman–Crippen LogP) is 6.21. The first-order valence-corrected chi connectivity index (χ1v) is 13.8. The Morgan fingerprint density at radius 2 is 1.68 bits per heavy atom. The highest BCUT2D eigenvalue weighted by Gasteiger charge is 2.13. The fourth-order valence-corrected chi connectivity index (χ4v) is 4.58. The fraction of sp³-hybridized carbons (Fsp3) is 0.533. The van der Waals surface area contributed by atoms with Crippen LogP contribution in [0, 0.1) is 5.92 Å². The first kappa shape index (κ1) is 28.5. The highest BCUT2D eigenvalue weighted by atomic mass is 16.5. The van der Waals surface area contributed by atoms with Gasteiger partial charge in [0.05, 0.1) is 18.7 Å². The summed E-state index contributed by atoms with van der Waals surface area (Å²) in [6.45, 7) is 7.78. The number of nitrogens with two attached hydrogens (primary N) is 1. The van der Waals surface area contributed by atoms with E-state index in [9.17, 15) is 0 Å². The number of hydrogen-bond acceptors (Lipinski definition) is 7. The van der Waals surface area contributed by atoms with E-state index in [-0.39, 0.29) is 0 Å². The van der Waals surface area contributed by atoms with Crippen molar-refractivity contribution in [2.75, 3.05) is 44.5 Å². The van der Waals surface area contributed by atoms with Crippen LogP contribution in [-0.4, -0.2) is 43.8 Å². The molecule has 1 aliphatic rings. The number of para-hydroxylation sites is 1. The summed E-state index contributed by atoms with van der Waals surface area (Å²) in [5.74, 6) is 3.96. The van der Waals surface area contributed by atoms with Crippen molar-refractivity contribution in [2.24, 2.45) is 5.92 Å². The van der Waals surface area contributed by atoms with E-state index in [0.29, 0.717) is 5.95 Å². The SMILES string of the molecule is CCCOc1ccc(OCCC)c(CNCC2CCCCC2)c1.CN(C)c1nc(N)nc2ccccc12. The molecule has 0 amide bonds. The topological polar surface area (TPSA) is 85.5 Å². The van der Waals surface area contributed by atoms with Gasteiger partial charge in [-0.25, -0.2) is 4.98 Å². The predicted molar refractivity (Wildman–Crippen MR) is 155 cm³/mol. The largest absolute Gasteiger partial charge is 0.494 e. The smallest absolute Gasteiger partial charge is 0.222 e. The zero-order valence-corrected chi connectivity index (χ0v) is 23.1. The molecule has 0 spiro atoms. The molecule has 3 N–H and O–H groups in total. The molecule has 202 valence electrons. The Labute approximate surface area is 222 Å². The van der Waals surface area contributed by atoms with E-state index in [1.165, 1.54) is 37.7 Å². The van der Waals surface area contributed by atoms with Gasteiger partial charge in [-0.1, -0.05) is 45.2 Å². The number of aromatic nitrogens is 2. The molecule has 2 aromatic carbocycles. The summed E-state index contributed by atoms with van der Waals surface area (Å²) < 4.78 is 11.7. The van der Waals surface area contributed by atoms with E-state index >= 15 is 0 Å². The molecule has 1 fully saturated rings. The van der Waals surface area contributed by atoms with Crippen molar-refractivity contribution in [2.45, 2.75) is 65.3 Å². The lowest BCUT2D eigenvalue weighted by atomic mass is 9.89. The molecule has 4 rings (SSSR count). The Balaban J connectivity index is 0.000000231. The van der Waals surface area contributed by atoms with Crippen LogP contribution in [-0.2, 0) is 6.54 Å². The molecule has 0 aliphatic heterocycles. The third-order valence-corrected chi connectivity index (χ3v) is 6.46. The molecular formula is C30H45N5O2. The van der Waals surface area contributed by atoms with Crippen molar-refractivity contribution >= 4 is 22.7 Å². The summed E-state index contributed by atoms with van der Waals surface area (Å²) >= 11 is 0. The minimum absolute atomic E-state index is 0.312. The number of nitrogen functional groups attached to an aromatic ring is 1. The van der Waals surface area contributed by atoms with Gasteiger partial charge in [0.1, 0.15) is 17.3 Å². The van der Waals surface area contributed by atoms with Gasteiger partial charge in [0.2, 0.25) is 5.95 Å². The summed E-state index contributed by atoms with van der Waals surface area (Å²) in [4.78, 5) is 10.3. The van der Waals surface area contributed by atoms with Crippen molar-refractivity contribution in [3.63, 3.8) is 0 Å². The standard InChI is InChI=1S/C20H33NO2.C10H12N4/c1-3-12-22-19-10-11-20(23-13-4-2)18(14-19)16-21-15-17-8-6-5-7-9-17;1-14(2)9-7-5-3-4-6-8(7)12-10(11)13-9/h10-11,14,17,21H,3-9,12-13,15-16H2,1-2H3;3-6H,1-2H3,(H2,11,12,13). The molecule has 0 radical (unpaired) electrons. The second kappa shape index (κ2) is 15.3. The van der Waals surface area contributed by atoms with Gasteiger partial charge in [0, 0.05) is 31.6 Å². The van der Waals surface area contributed by atoms with Gasteiger partial charge in [0.25, 0.3) is 0 Å². The minimum atomic E-state index is 0.312. The molecule has 0 atom stereocenters. The molecule has 0 saturated heterocycles. The van der Waals surface area contributed by atoms with Crippen molar-refractivity contribution in [1.82, 2.24) is 15.3 Å². The monoisotopic (exact) mass is 507 g/mol. The van der Waals surface area contributed by atoms with E-state index in [1.807, 2.05) is 49.3 Å². The lowest BCUT2D eigenvalue weighted by Crippen LogP contribution is -2.24. The fourth-order valence-electron chi connectivity index (χ4n) is 4.58. The number of nitrogens with zero attached hydrogens (tertiary/aromatic N) is 3. The van der Waals surface area contributed by atoms with Gasteiger partial charge < -0.3 is 25.4 Å². The zero-order valence-electron chi connectivity index (χ0n) is 23.1. The average molecular weight is 508 g/mol. The molecule has 7 nitrogen and oxygen atoms in total. The van der Waals surface area contributed by atoms with Gasteiger partial charge in [0.15, 0.2) is 0 Å². The van der Waals surface area contributed by atoms with Crippen LogP contribution in [0.5, 0.6) is 11.5 Å². The Kier molecular flexibility index (Phi) is 11.8. The molecule has 3 aromatic rings. The lowest BCUT2D eigenvalue weighted by molar-refractivity contribution is 0.303. The van der Waals surface area contributed by atoms with Crippen LogP contribution < -0.4 is 25.4 Å². The van der Waals surface area contributed by atoms with Gasteiger partial charge in [-0.3, -0.25) is 0 Å². The summed E-state index contributed by atoms with van der Waals surface area (Å²) in [6, 6.07) is 14.0. The Hall–Kier alpha value is -3.06. The van der Waals surface area contributed by atoms with Crippen molar-refractivity contribution < 1.29 is 9.47 Å². The van der Waals surface area contributed by atoms with Crippen molar-refractivity contribution in [3.05, 3.63) is 48.0 Å². The number of benzene rings is 2. The third kappa shape index (κ3) is 9.08. The third-order valence-electron chi connectivity index (χ3n) is 6.46. The summed E-state index contributed by atoms with van der Waals surface area (Å²) in [7, 11) is 3.88. The quantitative estimate of drug-likeness (QED) is 0.319. The highest BCUT2D eigenvalue weighted by molar-refractivity contribution is 5.90. The molecule has 0 bridgehead atoms. The number of fused-ring (bicyclic) bond motifs is 1. The Morgan fingerprint density at radius 1 is 0.946 bits per heavy atom. The van der Waals surface area contributed by atoms with Gasteiger partial charge in [-0.05, 0) is 68.5 Å². The van der Waals surface area contributed by atoms with Crippen molar-refractivity contribution in [1.29, 1.82) is 0 Å². The van der Waals surface area contributed by atoms with Crippen LogP contribution in [0.4, 0.5) is 11.8 Å². The average Bonchev–Trinajstić information content (AvgIpc) is 2.91. The van der Waals surface area contributed by atoms with Crippen molar-refractivity contribution in [3.8, 4) is 11.5 Å². The normalized spacial score (nSPS) is 13.6. The molecule has 37 heavy (non-hydrogen) atoms. The van der Waals surface area contributed by atoms with E-state index < -0.39 is 0 Å². The van der Waals surface area contributed by atoms with E-state index in [0.717, 1.165) is 73.3 Å². The zero-order chi connectivity index (χ0) is 26.5. The molecule has 1 aliphatic carbocycles. The van der Waals surface area contributed by atoms with Gasteiger partial charge in [-0.2, -0.15) is 4.98 Å². The summed E-state index contributed by atoms with van der Waals surface area (Å²) in [6.07, 6.45) is 9.04. The number of anilines is 2. The molecule has 0 unspecified atom stereocenters. The van der Waals surface area contributed by atoms with E-state index in [1.54, 1.807) is 0 Å². The first-order chi connectivity index (χ1) is 18.0. The second-order valence-corrected chi connectivity index (χ2v) is 9.92. The first-order valence-electron chi connectivity index (χ1n) is 13.8. The van der Waals surface area contributed by atoms with E-state index in [2.05, 4.69) is 41.3 Å². The van der Waals surface area contributed by atoms with Crippen LogP contribution in [0.1, 0.15) is 64.4 Å². The lowest BCUT2D eigenvalue weighted by Gasteiger charge is -2.22. The van der Waals surface area contributed by atoms with E-state index in [4.69, 9.17) is 15.2 Å². The van der Waals surface area contributed by atoms with Gasteiger partial charge in [-0.15, -0.1) is 0 Å². The van der Waals surface area contributed by atoms with Gasteiger partial charge >= 0.3 is 0 Å². The molecular weight excluding hydrogens is 462 g/mol. The van der Waals surface area contributed by atoms with Crippen LogP contribution in [0.25, 0.3) is 10.9 Å². The molecule has 1 saturated carbocycles. The highest BCUT2D eigenvalue weighted by Crippen LogP contribution is 2.26. The maximum atomic E-state index is 5.89. The maximum absolute atomic E-state index is 5.89. The maximum Gasteiger partial charge on any atom is 0.222 e. The minimum Gasteiger partial charge on any atom is -0.494 e. The Morgan fingerprint density at radius 3 is 2.41 bits per heavy atom. The molecule has 1 aromatic heterocycles. The van der Waals surface area contributed by atoms with Crippen LogP contribution >= 0.6 is 0 Å². The van der Waals surface area contributed by atoms with Crippen LogP contribution in [0.2, 0.25) is 0 Å². The number of rotatable bonds is 11.